The van der Waals surface area contributed by atoms with Gasteiger partial charge in [0.15, 0.2) is 0 Å². The summed E-state index contributed by atoms with van der Waals surface area (Å²) >= 11 is 0. The van der Waals surface area contributed by atoms with E-state index in [2.05, 4.69) is 10.3 Å². The number of amides is 1. The molecule has 0 aliphatic carbocycles. The van der Waals surface area contributed by atoms with Gasteiger partial charge >= 0.3 is 0 Å². The number of aromatic nitrogens is 1. The second-order valence-corrected chi connectivity index (χ2v) is 5.94. The Labute approximate surface area is 147 Å². The quantitative estimate of drug-likeness (QED) is 0.822. The molecule has 3 rings (SSSR count). The number of nitrogens with one attached hydrogen (secondary N) is 1. The summed E-state index contributed by atoms with van der Waals surface area (Å²) in [6.07, 6.45) is 5.92. The van der Waals surface area contributed by atoms with Crippen LogP contribution >= 0.6 is 0 Å². The molecule has 1 amide bonds. The van der Waals surface area contributed by atoms with Crippen molar-refractivity contribution in [1.29, 1.82) is 0 Å². The molecule has 0 saturated heterocycles. The van der Waals surface area contributed by atoms with Gasteiger partial charge in [-0.2, -0.15) is 0 Å². The Morgan fingerprint density at radius 1 is 1.44 bits per heavy atom. The average molecular weight is 338 g/mol. The van der Waals surface area contributed by atoms with Gasteiger partial charge < -0.3 is 14.8 Å². The molecule has 0 bridgehead atoms. The number of fused-ring (bicyclic) bond motifs is 1. The van der Waals surface area contributed by atoms with Crippen LogP contribution in [0.4, 0.5) is 0 Å². The van der Waals surface area contributed by atoms with Gasteiger partial charge in [-0.05, 0) is 44.2 Å². The van der Waals surface area contributed by atoms with Crippen molar-refractivity contribution in [2.45, 2.75) is 32.9 Å². The van der Waals surface area contributed by atoms with Gasteiger partial charge in [0.25, 0.3) is 0 Å². The van der Waals surface area contributed by atoms with Crippen LogP contribution in [0, 0.1) is 0 Å². The van der Waals surface area contributed by atoms with E-state index in [0.29, 0.717) is 13.2 Å². The Hall–Kier alpha value is -2.82. The molecule has 0 radical (unpaired) electrons. The highest BCUT2D eigenvalue weighted by atomic mass is 16.5. The Morgan fingerprint density at radius 2 is 2.32 bits per heavy atom. The summed E-state index contributed by atoms with van der Waals surface area (Å²) in [7, 11) is 0. The van der Waals surface area contributed by atoms with Crippen molar-refractivity contribution in [2.75, 3.05) is 6.61 Å². The van der Waals surface area contributed by atoms with Crippen molar-refractivity contribution in [2.24, 2.45) is 0 Å². The minimum atomic E-state index is -0.178. The molecule has 0 saturated carbocycles. The molecule has 1 atom stereocenters. The number of rotatable bonds is 6. The zero-order valence-corrected chi connectivity index (χ0v) is 14.5. The number of nitrogens with zero attached hydrogens (tertiary/aromatic N) is 1. The summed E-state index contributed by atoms with van der Waals surface area (Å²) in [4.78, 5) is 16.2. The molecule has 25 heavy (non-hydrogen) atoms. The van der Waals surface area contributed by atoms with Crippen molar-refractivity contribution >= 4 is 12.0 Å². The first-order valence-corrected chi connectivity index (χ1v) is 8.48. The number of hydrogen-bond donors (Lipinski definition) is 1. The standard InChI is InChI=1S/C20H22N2O3/c1-3-24-18-11-15-10-14(2)25-19(15)12-16(18)13-22-20(23)8-7-17-6-4-5-9-21-17/h4-9,11-12,14H,3,10,13H2,1-2H3,(H,22,23)/b8-7+. The van der Waals surface area contributed by atoms with Gasteiger partial charge in [-0.3, -0.25) is 9.78 Å². The monoisotopic (exact) mass is 338 g/mol. The lowest BCUT2D eigenvalue weighted by molar-refractivity contribution is -0.116. The van der Waals surface area contributed by atoms with E-state index in [1.165, 1.54) is 6.08 Å². The molecule has 2 heterocycles. The first-order chi connectivity index (χ1) is 12.2. The van der Waals surface area contributed by atoms with E-state index in [-0.39, 0.29) is 12.0 Å². The predicted molar refractivity (Wildman–Crippen MR) is 96.5 cm³/mol. The van der Waals surface area contributed by atoms with Crippen LogP contribution in [0.5, 0.6) is 11.5 Å². The summed E-state index contributed by atoms with van der Waals surface area (Å²) in [5.41, 5.74) is 2.81. The molecule has 1 aromatic carbocycles. The number of hydrogen-bond acceptors (Lipinski definition) is 4. The van der Waals surface area contributed by atoms with Crippen LogP contribution in [-0.4, -0.2) is 23.6 Å². The minimum Gasteiger partial charge on any atom is -0.494 e. The van der Waals surface area contributed by atoms with Gasteiger partial charge in [0.05, 0.1) is 12.3 Å². The van der Waals surface area contributed by atoms with Crippen LogP contribution in [0.1, 0.15) is 30.7 Å². The first-order valence-electron chi connectivity index (χ1n) is 8.48. The average Bonchev–Trinajstić information content (AvgIpc) is 2.98. The molecule has 1 aliphatic rings. The molecule has 5 heteroatoms. The van der Waals surface area contributed by atoms with Crippen molar-refractivity contribution in [3.8, 4) is 11.5 Å². The largest absolute Gasteiger partial charge is 0.494 e. The summed E-state index contributed by atoms with van der Waals surface area (Å²) in [5.74, 6) is 1.50. The second-order valence-electron chi connectivity index (χ2n) is 5.94. The van der Waals surface area contributed by atoms with Crippen molar-refractivity contribution < 1.29 is 14.3 Å². The Balaban J connectivity index is 1.67. The topological polar surface area (TPSA) is 60.5 Å². The van der Waals surface area contributed by atoms with Crippen LogP contribution in [0.25, 0.3) is 6.08 Å². The van der Waals surface area contributed by atoms with Gasteiger partial charge in [-0.25, -0.2) is 0 Å². The second kappa shape index (κ2) is 7.83. The lowest BCUT2D eigenvalue weighted by Crippen LogP contribution is -2.20. The molecule has 2 aromatic rings. The molecule has 1 N–H and O–H groups in total. The molecule has 1 unspecified atom stereocenters. The Morgan fingerprint density at radius 3 is 3.08 bits per heavy atom. The van der Waals surface area contributed by atoms with Crippen LogP contribution in [-0.2, 0) is 17.8 Å². The van der Waals surface area contributed by atoms with Gasteiger partial charge in [0.1, 0.15) is 17.6 Å². The number of ether oxygens (including phenoxy) is 2. The molecule has 0 spiro atoms. The van der Waals surface area contributed by atoms with E-state index < -0.39 is 0 Å². The molecular weight excluding hydrogens is 316 g/mol. The maximum Gasteiger partial charge on any atom is 0.244 e. The normalized spacial score (nSPS) is 15.7. The highest BCUT2D eigenvalue weighted by Crippen LogP contribution is 2.35. The van der Waals surface area contributed by atoms with E-state index in [1.807, 2.05) is 44.2 Å². The lowest BCUT2D eigenvalue weighted by Gasteiger charge is -2.13. The first kappa shape index (κ1) is 17.0. The molecule has 0 fully saturated rings. The highest BCUT2D eigenvalue weighted by Gasteiger charge is 2.21. The number of carbonyl (C=O) groups is 1. The zero-order chi connectivity index (χ0) is 17.6. The predicted octanol–water partition coefficient (Wildman–Crippen LogP) is 3.13. The van der Waals surface area contributed by atoms with Crippen molar-refractivity contribution in [3.05, 3.63) is 59.4 Å². The van der Waals surface area contributed by atoms with Gasteiger partial charge in [0.2, 0.25) is 5.91 Å². The maximum absolute atomic E-state index is 12.0. The van der Waals surface area contributed by atoms with Crippen LogP contribution in [0.15, 0.2) is 42.6 Å². The van der Waals surface area contributed by atoms with Gasteiger partial charge in [-0.15, -0.1) is 0 Å². The summed E-state index contributed by atoms with van der Waals surface area (Å²) < 4.78 is 11.5. The SMILES string of the molecule is CCOc1cc2c(cc1CNC(=O)/C=C/c1ccccn1)OC(C)C2. The summed E-state index contributed by atoms with van der Waals surface area (Å²) in [6, 6.07) is 9.55. The summed E-state index contributed by atoms with van der Waals surface area (Å²) in [6.45, 7) is 4.95. The molecule has 1 aromatic heterocycles. The Bertz CT molecular complexity index is 772. The lowest BCUT2D eigenvalue weighted by atomic mass is 10.1. The molecule has 1 aliphatic heterocycles. The van der Waals surface area contributed by atoms with Crippen LogP contribution in [0.3, 0.4) is 0 Å². The number of carbonyl (C=O) groups excluding carboxylic acids is 1. The van der Waals surface area contributed by atoms with E-state index in [4.69, 9.17) is 9.47 Å². The van der Waals surface area contributed by atoms with Gasteiger partial charge in [-0.1, -0.05) is 6.07 Å². The minimum absolute atomic E-state index is 0.177. The smallest absolute Gasteiger partial charge is 0.244 e. The van der Waals surface area contributed by atoms with Crippen LogP contribution in [0.2, 0.25) is 0 Å². The van der Waals surface area contributed by atoms with Crippen LogP contribution < -0.4 is 14.8 Å². The molecule has 5 nitrogen and oxygen atoms in total. The fourth-order valence-corrected chi connectivity index (χ4v) is 2.79. The fraction of sp³-hybridized carbons (Fsp3) is 0.300. The van der Waals surface area contributed by atoms with E-state index in [1.54, 1.807) is 12.3 Å². The number of pyridine rings is 1. The third-order valence-corrected chi connectivity index (χ3v) is 3.93. The number of benzene rings is 1. The molecular formula is C20H22N2O3. The van der Waals surface area contributed by atoms with Gasteiger partial charge in [0, 0.05) is 36.4 Å². The summed E-state index contributed by atoms with van der Waals surface area (Å²) in [5, 5.41) is 2.88. The fourth-order valence-electron chi connectivity index (χ4n) is 2.79. The van der Waals surface area contributed by atoms with E-state index in [0.717, 1.165) is 34.7 Å². The molecule has 130 valence electrons. The Kier molecular flexibility index (Phi) is 5.33. The third kappa shape index (κ3) is 4.38. The van der Waals surface area contributed by atoms with E-state index in [9.17, 15) is 4.79 Å². The highest BCUT2D eigenvalue weighted by molar-refractivity contribution is 5.91. The van der Waals surface area contributed by atoms with Crippen molar-refractivity contribution in [1.82, 2.24) is 10.3 Å². The zero-order valence-electron chi connectivity index (χ0n) is 14.5. The third-order valence-electron chi connectivity index (χ3n) is 3.93. The maximum atomic E-state index is 12.0. The van der Waals surface area contributed by atoms with Crippen molar-refractivity contribution in [3.63, 3.8) is 0 Å². The van der Waals surface area contributed by atoms with E-state index >= 15 is 0 Å².